The number of piperazine rings is 1. The second-order valence-corrected chi connectivity index (χ2v) is 10.9. The fraction of sp³-hybridized carbons (Fsp3) is 0.400. The Morgan fingerprint density at radius 1 is 0.944 bits per heavy atom. The lowest BCUT2D eigenvalue weighted by atomic mass is 9.58. The summed E-state index contributed by atoms with van der Waals surface area (Å²) < 4.78 is 0. The Balaban J connectivity index is 1.41. The monoisotopic (exact) mass is 485 g/mol. The molecule has 1 fully saturated rings. The van der Waals surface area contributed by atoms with E-state index in [1.54, 1.807) is 12.1 Å². The largest absolute Gasteiger partial charge is 0.478 e. The molecule has 0 saturated carbocycles. The van der Waals surface area contributed by atoms with Crippen LogP contribution in [0.4, 0.5) is 5.69 Å². The maximum atomic E-state index is 13.8. The summed E-state index contributed by atoms with van der Waals surface area (Å²) in [7, 11) is 0. The van der Waals surface area contributed by atoms with Crippen LogP contribution in [0, 0.1) is 10.8 Å². The van der Waals surface area contributed by atoms with Gasteiger partial charge >= 0.3 is 5.97 Å². The van der Waals surface area contributed by atoms with E-state index in [1.165, 1.54) is 11.1 Å². The molecule has 36 heavy (non-hydrogen) atoms. The van der Waals surface area contributed by atoms with Crippen molar-refractivity contribution in [2.45, 2.75) is 27.2 Å². The Kier molecular flexibility index (Phi) is 6.25. The molecule has 2 aliphatic heterocycles. The quantitative estimate of drug-likeness (QED) is 0.615. The van der Waals surface area contributed by atoms with Gasteiger partial charge in [-0.3, -0.25) is 4.79 Å². The first kappa shape index (κ1) is 24.3. The molecule has 1 amide bonds. The zero-order valence-corrected chi connectivity index (χ0v) is 21.4. The predicted molar refractivity (Wildman–Crippen MR) is 143 cm³/mol. The van der Waals surface area contributed by atoms with E-state index < -0.39 is 5.97 Å². The SMILES string of the molecule is CC12CC=C(c3ccc(C(=O)O)cc3)C(C)(C)C1=CCN(C(=O)c1ccccc1N1CCNCC1)C2. The van der Waals surface area contributed by atoms with E-state index in [9.17, 15) is 14.7 Å². The molecule has 2 aromatic rings. The van der Waals surface area contributed by atoms with E-state index in [0.717, 1.165) is 49.4 Å². The van der Waals surface area contributed by atoms with Gasteiger partial charge in [0.15, 0.2) is 0 Å². The first-order valence-electron chi connectivity index (χ1n) is 12.8. The Hall–Kier alpha value is -3.38. The number of anilines is 1. The lowest BCUT2D eigenvalue weighted by molar-refractivity contribution is 0.0679. The molecule has 6 nitrogen and oxygen atoms in total. The third-order valence-electron chi connectivity index (χ3n) is 8.13. The number of carboxylic acid groups (broad SMARTS) is 1. The zero-order chi connectivity index (χ0) is 25.5. The maximum Gasteiger partial charge on any atom is 0.335 e. The van der Waals surface area contributed by atoms with Crippen molar-refractivity contribution in [1.29, 1.82) is 0 Å². The highest BCUT2D eigenvalue weighted by atomic mass is 16.4. The van der Waals surface area contributed by atoms with Crippen LogP contribution in [0.2, 0.25) is 0 Å². The van der Waals surface area contributed by atoms with Gasteiger partial charge in [0, 0.05) is 55.8 Å². The highest BCUT2D eigenvalue weighted by Crippen LogP contribution is 2.55. The van der Waals surface area contributed by atoms with Gasteiger partial charge in [0.05, 0.1) is 11.1 Å². The number of hydrogen-bond donors (Lipinski definition) is 2. The summed E-state index contributed by atoms with van der Waals surface area (Å²) in [5.41, 5.74) is 5.37. The molecular formula is C30H35N3O3. The van der Waals surface area contributed by atoms with Gasteiger partial charge in [-0.15, -0.1) is 0 Å². The molecule has 1 saturated heterocycles. The van der Waals surface area contributed by atoms with Gasteiger partial charge in [0.25, 0.3) is 5.91 Å². The molecule has 1 atom stereocenters. The first-order valence-corrected chi connectivity index (χ1v) is 12.8. The minimum absolute atomic E-state index is 0.0949. The van der Waals surface area contributed by atoms with Gasteiger partial charge in [-0.1, -0.05) is 62.8 Å². The van der Waals surface area contributed by atoms with E-state index >= 15 is 0 Å². The Morgan fingerprint density at radius 3 is 2.33 bits per heavy atom. The second kappa shape index (κ2) is 9.25. The van der Waals surface area contributed by atoms with Crippen LogP contribution in [0.3, 0.4) is 0 Å². The number of fused-ring (bicyclic) bond motifs is 1. The molecule has 2 aromatic carbocycles. The highest BCUT2D eigenvalue weighted by Gasteiger charge is 2.46. The molecule has 1 unspecified atom stereocenters. The van der Waals surface area contributed by atoms with Crippen LogP contribution in [-0.2, 0) is 0 Å². The standard InChI is InChI=1S/C30H35N3O3/c1-29(2)24(21-8-10-22(11-9-21)28(35)36)12-14-30(3)20-33(17-13-26(29)30)27(34)23-6-4-5-7-25(23)32-18-15-31-16-19-32/h4-13,31H,14-20H2,1-3H3,(H,35,36). The minimum Gasteiger partial charge on any atom is -0.478 e. The average Bonchev–Trinajstić information content (AvgIpc) is 2.88. The molecule has 188 valence electrons. The van der Waals surface area contributed by atoms with Crippen molar-refractivity contribution in [1.82, 2.24) is 10.2 Å². The van der Waals surface area contributed by atoms with Gasteiger partial charge in [-0.25, -0.2) is 4.79 Å². The molecule has 6 heteroatoms. The van der Waals surface area contributed by atoms with E-state index in [2.05, 4.69) is 49.2 Å². The van der Waals surface area contributed by atoms with Gasteiger partial charge in [0.2, 0.25) is 0 Å². The number of carbonyl (C=O) groups excluding carboxylic acids is 1. The molecule has 3 aliphatic rings. The predicted octanol–water partition coefficient (Wildman–Crippen LogP) is 4.70. The summed E-state index contributed by atoms with van der Waals surface area (Å²) >= 11 is 0. The maximum absolute atomic E-state index is 13.8. The number of nitrogens with zero attached hydrogens (tertiary/aromatic N) is 2. The van der Waals surface area contributed by atoms with Crippen molar-refractivity contribution in [3.8, 4) is 0 Å². The lowest BCUT2D eigenvalue weighted by Gasteiger charge is -2.50. The molecule has 0 bridgehead atoms. The van der Waals surface area contributed by atoms with Crippen molar-refractivity contribution < 1.29 is 14.7 Å². The zero-order valence-electron chi connectivity index (χ0n) is 21.4. The normalized spacial score (nSPS) is 23.4. The molecule has 5 rings (SSSR count). The van der Waals surface area contributed by atoms with Crippen LogP contribution in [0.25, 0.3) is 5.57 Å². The number of hydrogen-bond acceptors (Lipinski definition) is 4. The minimum atomic E-state index is -0.913. The van der Waals surface area contributed by atoms with Crippen molar-refractivity contribution in [3.63, 3.8) is 0 Å². The van der Waals surface area contributed by atoms with Crippen molar-refractivity contribution in [2.24, 2.45) is 10.8 Å². The van der Waals surface area contributed by atoms with Crippen LogP contribution in [0.5, 0.6) is 0 Å². The summed E-state index contributed by atoms with van der Waals surface area (Å²) in [5.74, 6) is -0.818. The van der Waals surface area contributed by atoms with E-state index in [4.69, 9.17) is 0 Å². The molecule has 2 heterocycles. The van der Waals surface area contributed by atoms with Gasteiger partial charge in [-0.2, -0.15) is 0 Å². The fourth-order valence-electron chi connectivity index (χ4n) is 6.36. The summed E-state index contributed by atoms with van der Waals surface area (Å²) in [4.78, 5) is 29.4. The number of carbonyl (C=O) groups is 2. The molecule has 0 aromatic heterocycles. The molecule has 0 radical (unpaired) electrons. The Morgan fingerprint density at radius 2 is 1.64 bits per heavy atom. The first-order chi connectivity index (χ1) is 17.2. The number of rotatable bonds is 4. The van der Waals surface area contributed by atoms with Crippen LogP contribution in [0.15, 0.2) is 66.3 Å². The third-order valence-corrected chi connectivity index (χ3v) is 8.13. The number of para-hydroxylation sites is 1. The van der Waals surface area contributed by atoms with E-state index in [0.29, 0.717) is 18.7 Å². The number of benzene rings is 2. The smallest absolute Gasteiger partial charge is 0.335 e. The van der Waals surface area contributed by atoms with Gasteiger partial charge in [0.1, 0.15) is 0 Å². The van der Waals surface area contributed by atoms with E-state index in [-0.39, 0.29) is 16.7 Å². The fourth-order valence-corrected chi connectivity index (χ4v) is 6.36. The Bertz CT molecular complexity index is 1240. The van der Waals surface area contributed by atoms with Crippen LogP contribution >= 0.6 is 0 Å². The Labute approximate surface area is 213 Å². The summed E-state index contributed by atoms with van der Waals surface area (Å²) in [6.07, 6.45) is 5.38. The molecule has 1 aliphatic carbocycles. The van der Waals surface area contributed by atoms with Crippen molar-refractivity contribution >= 4 is 23.1 Å². The molecule has 0 spiro atoms. The van der Waals surface area contributed by atoms with Crippen LogP contribution < -0.4 is 10.2 Å². The van der Waals surface area contributed by atoms with Crippen molar-refractivity contribution in [2.75, 3.05) is 44.2 Å². The highest BCUT2D eigenvalue weighted by molar-refractivity contribution is 6.00. The second-order valence-electron chi connectivity index (χ2n) is 10.9. The number of carboxylic acids is 1. The average molecular weight is 486 g/mol. The summed E-state index contributed by atoms with van der Waals surface area (Å²) in [5, 5.41) is 12.6. The molecular weight excluding hydrogens is 450 g/mol. The summed E-state index contributed by atoms with van der Waals surface area (Å²) in [6.45, 7) is 11.7. The van der Waals surface area contributed by atoms with Crippen molar-refractivity contribution in [3.05, 3.63) is 82.9 Å². The topological polar surface area (TPSA) is 72.9 Å². The van der Waals surface area contributed by atoms with Crippen LogP contribution in [0.1, 0.15) is 53.5 Å². The lowest BCUT2D eigenvalue weighted by Crippen LogP contribution is -2.49. The van der Waals surface area contributed by atoms with E-state index in [1.807, 2.05) is 35.2 Å². The number of aromatic carboxylic acids is 1. The van der Waals surface area contributed by atoms with Gasteiger partial charge in [-0.05, 0) is 41.8 Å². The number of amides is 1. The number of allylic oxidation sites excluding steroid dienone is 2. The molecule has 2 N–H and O–H groups in total. The number of nitrogens with one attached hydrogen (secondary N) is 1. The summed E-state index contributed by atoms with van der Waals surface area (Å²) in [6, 6.07) is 15.2. The van der Waals surface area contributed by atoms with Crippen LogP contribution in [-0.4, -0.2) is 61.2 Å². The van der Waals surface area contributed by atoms with Gasteiger partial charge < -0.3 is 20.2 Å². The third kappa shape index (κ3) is 4.24.